The average molecular weight is 224 g/mol. The van der Waals surface area contributed by atoms with Crippen LogP contribution in [0, 0.1) is 11.7 Å². The maximum absolute atomic E-state index is 12.9. The lowest BCUT2D eigenvalue weighted by atomic mass is 10.1. The van der Waals surface area contributed by atoms with Crippen LogP contribution >= 0.6 is 0 Å². The van der Waals surface area contributed by atoms with Crippen molar-refractivity contribution in [2.24, 2.45) is 5.92 Å². The standard InChI is InChI=1S/C12H17FN2O/c1-8(2)5-6-15-12(16)9-3-4-10(13)11(14)7-9/h3-4,7-8H,5-6,14H2,1-2H3,(H,15,16). The largest absolute Gasteiger partial charge is 0.396 e. The Hall–Kier alpha value is -1.58. The molecule has 1 aromatic rings. The molecule has 0 spiro atoms. The summed E-state index contributed by atoms with van der Waals surface area (Å²) < 4.78 is 12.9. The van der Waals surface area contributed by atoms with Crippen molar-refractivity contribution in [2.45, 2.75) is 20.3 Å². The van der Waals surface area contributed by atoms with Gasteiger partial charge in [0.15, 0.2) is 0 Å². The number of amides is 1. The van der Waals surface area contributed by atoms with Gasteiger partial charge in [0.2, 0.25) is 0 Å². The van der Waals surface area contributed by atoms with E-state index in [1.54, 1.807) is 0 Å². The number of benzene rings is 1. The van der Waals surface area contributed by atoms with Gasteiger partial charge >= 0.3 is 0 Å². The molecule has 0 radical (unpaired) electrons. The van der Waals surface area contributed by atoms with Gasteiger partial charge in [-0.05, 0) is 30.5 Å². The van der Waals surface area contributed by atoms with E-state index in [9.17, 15) is 9.18 Å². The lowest BCUT2D eigenvalue weighted by molar-refractivity contribution is 0.0952. The fourth-order valence-electron chi connectivity index (χ4n) is 1.26. The van der Waals surface area contributed by atoms with Crippen molar-refractivity contribution in [1.82, 2.24) is 5.32 Å². The van der Waals surface area contributed by atoms with Gasteiger partial charge in [-0.25, -0.2) is 4.39 Å². The van der Waals surface area contributed by atoms with E-state index < -0.39 is 5.82 Å². The quantitative estimate of drug-likeness (QED) is 0.770. The first-order chi connectivity index (χ1) is 7.50. The first kappa shape index (κ1) is 12.5. The van der Waals surface area contributed by atoms with E-state index in [-0.39, 0.29) is 11.6 Å². The topological polar surface area (TPSA) is 55.1 Å². The molecule has 4 heteroatoms. The van der Waals surface area contributed by atoms with E-state index in [1.807, 2.05) is 0 Å². The number of halogens is 1. The van der Waals surface area contributed by atoms with Crippen LogP contribution < -0.4 is 11.1 Å². The van der Waals surface area contributed by atoms with Crippen molar-refractivity contribution >= 4 is 11.6 Å². The summed E-state index contributed by atoms with van der Waals surface area (Å²) in [6.45, 7) is 4.79. The maximum Gasteiger partial charge on any atom is 0.251 e. The number of anilines is 1. The molecule has 0 atom stereocenters. The van der Waals surface area contributed by atoms with Crippen LogP contribution in [0.5, 0.6) is 0 Å². The highest BCUT2D eigenvalue weighted by Crippen LogP contribution is 2.12. The SMILES string of the molecule is CC(C)CCNC(=O)c1ccc(F)c(N)c1. The molecule has 0 saturated heterocycles. The summed E-state index contributed by atoms with van der Waals surface area (Å²) in [5.41, 5.74) is 5.77. The lowest BCUT2D eigenvalue weighted by Crippen LogP contribution is -2.25. The minimum Gasteiger partial charge on any atom is -0.396 e. The van der Waals surface area contributed by atoms with Crippen molar-refractivity contribution < 1.29 is 9.18 Å². The maximum atomic E-state index is 12.9. The van der Waals surface area contributed by atoms with Crippen molar-refractivity contribution in [3.05, 3.63) is 29.6 Å². The van der Waals surface area contributed by atoms with Gasteiger partial charge in [0.25, 0.3) is 5.91 Å². The molecule has 0 fully saturated rings. The minimum absolute atomic E-state index is 0.00323. The monoisotopic (exact) mass is 224 g/mol. The number of nitrogens with two attached hydrogens (primary N) is 1. The van der Waals surface area contributed by atoms with Crippen LogP contribution in [0.2, 0.25) is 0 Å². The van der Waals surface area contributed by atoms with E-state index in [4.69, 9.17) is 5.73 Å². The van der Waals surface area contributed by atoms with Crippen LogP contribution in [0.25, 0.3) is 0 Å². The van der Waals surface area contributed by atoms with E-state index in [0.29, 0.717) is 18.0 Å². The van der Waals surface area contributed by atoms with Gasteiger partial charge in [0, 0.05) is 12.1 Å². The highest BCUT2D eigenvalue weighted by Gasteiger charge is 2.07. The highest BCUT2D eigenvalue weighted by atomic mass is 19.1. The summed E-state index contributed by atoms with van der Waals surface area (Å²) in [7, 11) is 0. The fourth-order valence-corrected chi connectivity index (χ4v) is 1.26. The summed E-state index contributed by atoms with van der Waals surface area (Å²) in [6, 6.07) is 3.98. The van der Waals surface area contributed by atoms with Gasteiger partial charge in [0.1, 0.15) is 5.82 Å². The number of rotatable bonds is 4. The van der Waals surface area contributed by atoms with Crippen LogP contribution in [0.15, 0.2) is 18.2 Å². The van der Waals surface area contributed by atoms with Gasteiger partial charge in [-0.2, -0.15) is 0 Å². The van der Waals surface area contributed by atoms with E-state index in [1.165, 1.54) is 18.2 Å². The molecule has 0 aliphatic rings. The molecule has 0 saturated carbocycles. The highest BCUT2D eigenvalue weighted by molar-refractivity contribution is 5.94. The molecule has 16 heavy (non-hydrogen) atoms. The predicted molar refractivity (Wildman–Crippen MR) is 62.6 cm³/mol. The summed E-state index contributed by atoms with van der Waals surface area (Å²) in [6.07, 6.45) is 0.919. The van der Waals surface area contributed by atoms with Crippen molar-refractivity contribution in [2.75, 3.05) is 12.3 Å². The molecular formula is C12H17FN2O. The number of nitrogens with one attached hydrogen (secondary N) is 1. The Balaban J connectivity index is 2.56. The minimum atomic E-state index is -0.501. The fraction of sp³-hybridized carbons (Fsp3) is 0.417. The molecule has 0 unspecified atom stereocenters. The summed E-state index contributed by atoms with van der Waals surface area (Å²) in [4.78, 5) is 11.6. The van der Waals surface area contributed by atoms with Crippen LogP contribution in [0.4, 0.5) is 10.1 Å². The molecule has 0 heterocycles. The molecular weight excluding hydrogens is 207 g/mol. The van der Waals surface area contributed by atoms with Crippen LogP contribution in [0.1, 0.15) is 30.6 Å². The van der Waals surface area contributed by atoms with E-state index in [0.717, 1.165) is 6.42 Å². The number of carbonyl (C=O) groups excluding carboxylic acids is 1. The first-order valence-electron chi connectivity index (χ1n) is 5.34. The molecule has 3 N–H and O–H groups in total. The Bertz CT molecular complexity index is 377. The molecule has 3 nitrogen and oxygen atoms in total. The molecule has 0 aliphatic carbocycles. The number of hydrogen-bond donors (Lipinski definition) is 2. The van der Waals surface area contributed by atoms with Crippen LogP contribution in [-0.4, -0.2) is 12.5 Å². The second-order valence-corrected chi connectivity index (χ2v) is 4.17. The third-order valence-electron chi connectivity index (χ3n) is 2.27. The molecule has 1 amide bonds. The third kappa shape index (κ3) is 3.53. The number of carbonyl (C=O) groups is 1. The van der Waals surface area contributed by atoms with E-state index in [2.05, 4.69) is 19.2 Å². The zero-order valence-corrected chi connectivity index (χ0v) is 9.59. The average Bonchev–Trinajstić information content (AvgIpc) is 2.21. The number of nitrogen functional groups attached to an aromatic ring is 1. The molecule has 0 aromatic heterocycles. The molecule has 0 aliphatic heterocycles. The van der Waals surface area contributed by atoms with Crippen LogP contribution in [-0.2, 0) is 0 Å². The van der Waals surface area contributed by atoms with Gasteiger partial charge < -0.3 is 11.1 Å². The predicted octanol–water partition coefficient (Wildman–Crippen LogP) is 2.18. The van der Waals surface area contributed by atoms with Crippen molar-refractivity contribution in [1.29, 1.82) is 0 Å². The smallest absolute Gasteiger partial charge is 0.251 e. The van der Waals surface area contributed by atoms with Crippen molar-refractivity contribution in [3.8, 4) is 0 Å². The Labute approximate surface area is 94.8 Å². The zero-order valence-electron chi connectivity index (χ0n) is 9.59. The summed E-state index contributed by atoms with van der Waals surface area (Å²) >= 11 is 0. The molecule has 88 valence electrons. The second-order valence-electron chi connectivity index (χ2n) is 4.17. The molecule has 1 rings (SSSR count). The third-order valence-corrected chi connectivity index (χ3v) is 2.27. The molecule has 1 aromatic carbocycles. The second kappa shape index (κ2) is 5.49. The Morgan fingerprint density at radius 1 is 1.50 bits per heavy atom. The number of hydrogen-bond acceptors (Lipinski definition) is 2. The van der Waals surface area contributed by atoms with Gasteiger partial charge in [-0.1, -0.05) is 13.8 Å². The van der Waals surface area contributed by atoms with Crippen molar-refractivity contribution in [3.63, 3.8) is 0 Å². The molecule has 0 bridgehead atoms. The van der Waals surface area contributed by atoms with E-state index >= 15 is 0 Å². The Morgan fingerprint density at radius 3 is 2.75 bits per heavy atom. The summed E-state index contributed by atoms with van der Waals surface area (Å²) in [5.74, 6) is -0.176. The normalized spacial score (nSPS) is 10.5. The van der Waals surface area contributed by atoms with Crippen LogP contribution in [0.3, 0.4) is 0 Å². The van der Waals surface area contributed by atoms with Gasteiger partial charge in [-0.15, -0.1) is 0 Å². The van der Waals surface area contributed by atoms with Gasteiger partial charge in [-0.3, -0.25) is 4.79 Å². The summed E-state index contributed by atoms with van der Waals surface area (Å²) in [5, 5.41) is 2.76. The first-order valence-corrected chi connectivity index (χ1v) is 5.34. The Kier molecular flexibility index (Phi) is 4.28. The lowest BCUT2D eigenvalue weighted by Gasteiger charge is -2.07. The Morgan fingerprint density at radius 2 is 2.19 bits per heavy atom. The zero-order chi connectivity index (χ0) is 12.1. The van der Waals surface area contributed by atoms with Gasteiger partial charge in [0.05, 0.1) is 5.69 Å².